The molecular weight excluding hydrogens is 721 g/mol. The number of unbranched alkanes of at least 4 members (excludes halogenated alkanes) is 34. The number of carbonyl (C=O) groups excluding carboxylic acids is 3. The summed E-state index contributed by atoms with van der Waals surface area (Å²) in [6, 6.07) is 0. The number of hydrogen-bond donors (Lipinski definition) is 0. The van der Waals surface area contributed by atoms with Gasteiger partial charge in [-0.2, -0.15) is 0 Å². The van der Waals surface area contributed by atoms with E-state index in [1.807, 2.05) is 0 Å². The Hall–Kier alpha value is -1.59. The van der Waals surface area contributed by atoms with Crippen molar-refractivity contribution in [1.82, 2.24) is 0 Å². The zero-order valence-corrected chi connectivity index (χ0v) is 39.5. The van der Waals surface area contributed by atoms with Gasteiger partial charge in [0.1, 0.15) is 13.2 Å². The molecule has 0 heterocycles. The van der Waals surface area contributed by atoms with Crippen LogP contribution >= 0.6 is 0 Å². The van der Waals surface area contributed by atoms with Crippen LogP contribution in [0.1, 0.15) is 291 Å². The maximum Gasteiger partial charge on any atom is 0.306 e. The molecule has 0 saturated carbocycles. The molecule has 0 bridgehead atoms. The predicted octanol–water partition coefficient (Wildman–Crippen LogP) is 16.7. The summed E-state index contributed by atoms with van der Waals surface area (Å²) >= 11 is 0. The van der Waals surface area contributed by atoms with Gasteiger partial charge in [-0.15, -0.1) is 0 Å². The van der Waals surface area contributed by atoms with Crippen LogP contribution in [-0.2, 0) is 28.6 Å². The quantitative estimate of drug-likeness (QED) is 0.0346. The van der Waals surface area contributed by atoms with Crippen molar-refractivity contribution >= 4 is 17.9 Å². The van der Waals surface area contributed by atoms with Gasteiger partial charge in [-0.25, -0.2) is 0 Å². The minimum atomic E-state index is -0.759. The Balaban J connectivity index is 4.19. The fourth-order valence-electron chi connectivity index (χ4n) is 7.86. The molecule has 0 saturated heterocycles. The van der Waals surface area contributed by atoms with Crippen molar-refractivity contribution in [2.75, 3.05) is 13.2 Å². The normalized spacial score (nSPS) is 11.9. The molecule has 0 rings (SSSR count). The molecule has 0 N–H and O–H groups in total. The summed E-state index contributed by atoms with van der Waals surface area (Å²) in [6.45, 7) is 9.00. The minimum absolute atomic E-state index is 0.0631. The van der Waals surface area contributed by atoms with E-state index < -0.39 is 6.10 Å². The van der Waals surface area contributed by atoms with E-state index in [4.69, 9.17) is 14.2 Å². The third kappa shape index (κ3) is 45.5. The minimum Gasteiger partial charge on any atom is -0.462 e. The van der Waals surface area contributed by atoms with Crippen molar-refractivity contribution in [3.8, 4) is 0 Å². The predicted molar refractivity (Wildman–Crippen MR) is 247 cm³/mol. The average Bonchev–Trinajstić information content (AvgIpc) is 3.21. The van der Waals surface area contributed by atoms with Crippen LogP contribution in [0.3, 0.4) is 0 Å². The van der Waals surface area contributed by atoms with Gasteiger partial charge in [0.15, 0.2) is 6.10 Å². The van der Waals surface area contributed by atoms with Gasteiger partial charge in [0.25, 0.3) is 0 Å². The Bertz CT molecular complexity index is 872. The first kappa shape index (κ1) is 56.4. The Morgan fingerprint density at radius 3 is 0.845 bits per heavy atom. The van der Waals surface area contributed by atoms with Crippen LogP contribution in [0.25, 0.3) is 0 Å². The topological polar surface area (TPSA) is 78.9 Å². The summed E-state index contributed by atoms with van der Waals surface area (Å²) < 4.78 is 16.7. The highest BCUT2D eigenvalue weighted by Gasteiger charge is 2.19. The monoisotopic (exact) mass is 821 g/mol. The summed E-state index contributed by atoms with van der Waals surface area (Å²) in [5.41, 5.74) is 0. The molecule has 0 aromatic carbocycles. The van der Waals surface area contributed by atoms with Crippen LogP contribution in [0.2, 0.25) is 0 Å². The highest BCUT2D eigenvalue weighted by Crippen LogP contribution is 2.17. The van der Waals surface area contributed by atoms with Crippen molar-refractivity contribution < 1.29 is 28.6 Å². The van der Waals surface area contributed by atoms with Crippen LogP contribution < -0.4 is 0 Å². The van der Waals surface area contributed by atoms with E-state index >= 15 is 0 Å². The zero-order valence-electron chi connectivity index (χ0n) is 39.5. The summed E-state index contributed by atoms with van der Waals surface area (Å²) in [6.07, 6.45) is 48.1. The van der Waals surface area contributed by atoms with E-state index in [0.29, 0.717) is 19.3 Å². The molecule has 344 valence electrons. The maximum absolute atomic E-state index is 12.8. The average molecular weight is 821 g/mol. The molecule has 1 atom stereocenters. The smallest absolute Gasteiger partial charge is 0.306 e. The molecule has 0 aromatic heterocycles. The van der Waals surface area contributed by atoms with Gasteiger partial charge in [0.05, 0.1) is 0 Å². The Morgan fingerprint density at radius 1 is 0.328 bits per heavy atom. The van der Waals surface area contributed by atoms with Gasteiger partial charge in [-0.3, -0.25) is 14.4 Å². The first-order chi connectivity index (χ1) is 28.4. The number of rotatable bonds is 47. The van der Waals surface area contributed by atoms with Gasteiger partial charge in [0, 0.05) is 19.3 Å². The largest absolute Gasteiger partial charge is 0.462 e. The van der Waals surface area contributed by atoms with Crippen LogP contribution in [0.4, 0.5) is 0 Å². The molecule has 0 aromatic rings. The van der Waals surface area contributed by atoms with Crippen molar-refractivity contribution in [2.24, 2.45) is 5.92 Å². The summed E-state index contributed by atoms with van der Waals surface area (Å²) in [5.74, 6) is -0.00730. The second kappa shape index (κ2) is 46.5. The summed E-state index contributed by atoms with van der Waals surface area (Å²) in [7, 11) is 0. The van der Waals surface area contributed by atoms with Crippen LogP contribution in [-0.4, -0.2) is 37.2 Å². The first-order valence-electron chi connectivity index (χ1n) is 25.9. The Labute approximate surface area is 361 Å². The van der Waals surface area contributed by atoms with Crippen LogP contribution in [0.15, 0.2) is 0 Å². The molecule has 0 fully saturated rings. The lowest BCUT2D eigenvalue weighted by Gasteiger charge is -2.18. The Morgan fingerprint density at radius 2 is 0.569 bits per heavy atom. The van der Waals surface area contributed by atoms with Gasteiger partial charge in [-0.1, -0.05) is 252 Å². The van der Waals surface area contributed by atoms with Gasteiger partial charge in [0.2, 0.25) is 0 Å². The van der Waals surface area contributed by atoms with Gasteiger partial charge in [-0.05, 0) is 25.2 Å². The SMILES string of the molecule is CCCCCCCCCCCCCCCCCCC(=O)OC[C@H](COC(=O)CCCCCCCCC)OC(=O)CCCCCCCCCCCCCCCCC(C)C. The molecule has 6 nitrogen and oxygen atoms in total. The fourth-order valence-corrected chi connectivity index (χ4v) is 7.86. The van der Waals surface area contributed by atoms with Crippen LogP contribution in [0, 0.1) is 5.92 Å². The van der Waals surface area contributed by atoms with Crippen molar-refractivity contribution in [3.05, 3.63) is 0 Å². The zero-order chi connectivity index (χ0) is 42.4. The number of carbonyl (C=O) groups is 3. The molecule has 0 aliphatic rings. The molecule has 0 radical (unpaired) electrons. The molecule has 6 heteroatoms. The van der Waals surface area contributed by atoms with Gasteiger partial charge < -0.3 is 14.2 Å². The van der Waals surface area contributed by atoms with E-state index in [0.717, 1.165) is 63.7 Å². The second-order valence-electron chi connectivity index (χ2n) is 18.3. The van der Waals surface area contributed by atoms with E-state index in [2.05, 4.69) is 27.7 Å². The van der Waals surface area contributed by atoms with E-state index in [9.17, 15) is 14.4 Å². The number of hydrogen-bond acceptors (Lipinski definition) is 6. The third-order valence-electron chi connectivity index (χ3n) is 11.8. The summed E-state index contributed by atoms with van der Waals surface area (Å²) in [4.78, 5) is 37.8. The highest BCUT2D eigenvalue weighted by molar-refractivity contribution is 5.71. The molecule has 0 unspecified atom stereocenters. The maximum atomic E-state index is 12.8. The van der Waals surface area contributed by atoms with E-state index in [1.165, 1.54) is 186 Å². The lowest BCUT2D eigenvalue weighted by molar-refractivity contribution is -0.167. The first-order valence-corrected chi connectivity index (χ1v) is 25.9. The van der Waals surface area contributed by atoms with E-state index in [-0.39, 0.29) is 31.1 Å². The number of ether oxygens (including phenoxy) is 3. The van der Waals surface area contributed by atoms with Crippen molar-refractivity contribution in [3.63, 3.8) is 0 Å². The highest BCUT2D eigenvalue weighted by atomic mass is 16.6. The Kier molecular flexibility index (Phi) is 45.2. The third-order valence-corrected chi connectivity index (χ3v) is 11.8. The second-order valence-corrected chi connectivity index (χ2v) is 18.3. The summed E-state index contributed by atoms with van der Waals surface area (Å²) in [5, 5.41) is 0. The molecule has 58 heavy (non-hydrogen) atoms. The van der Waals surface area contributed by atoms with Crippen molar-refractivity contribution in [2.45, 2.75) is 297 Å². The van der Waals surface area contributed by atoms with E-state index in [1.54, 1.807) is 0 Å². The lowest BCUT2D eigenvalue weighted by Crippen LogP contribution is -2.30. The van der Waals surface area contributed by atoms with Gasteiger partial charge >= 0.3 is 17.9 Å². The molecule has 0 aliphatic carbocycles. The lowest BCUT2D eigenvalue weighted by atomic mass is 10.0. The van der Waals surface area contributed by atoms with Crippen LogP contribution in [0.5, 0.6) is 0 Å². The standard InChI is InChI=1S/C52H100O6/c1-5-7-9-11-13-14-15-16-17-18-22-25-28-32-36-40-44-51(54)57-47-49(46-56-50(53)43-39-35-30-12-10-8-6-2)58-52(55)45-41-37-33-29-26-23-20-19-21-24-27-31-34-38-42-48(3)4/h48-49H,5-47H2,1-4H3/t49-/m0/s1. The number of esters is 3. The van der Waals surface area contributed by atoms with Crippen molar-refractivity contribution in [1.29, 1.82) is 0 Å². The fraction of sp³-hybridized carbons (Fsp3) is 0.942. The molecule has 0 spiro atoms. The molecule has 0 aliphatic heterocycles. The molecule has 0 amide bonds. The molecular formula is C52H100O6.